The fourth-order valence-corrected chi connectivity index (χ4v) is 2.27. The Balaban J connectivity index is 1.99. The second kappa shape index (κ2) is 8.04. The van der Waals surface area contributed by atoms with E-state index in [0.717, 1.165) is 0 Å². The molecule has 3 amide bonds. The number of carbonyl (C=O) groups excluding carboxylic acids is 2. The van der Waals surface area contributed by atoms with E-state index in [1.807, 2.05) is 13.8 Å². The highest BCUT2D eigenvalue weighted by atomic mass is 35.5. The van der Waals surface area contributed by atoms with Crippen LogP contribution in [0.15, 0.2) is 42.5 Å². The average Bonchev–Trinajstić information content (AvgIpc) is 2.51. The maximum Gasteiger partial charge on any atom is 0.323 e. The molecule has 0 aliphatic heterocycles. The summed E-state index contributed by atoms with van der Waals surface area (Å²) >= 11 is 11.9. The second-order valence-corrected chi connectivity index (χ2v) is 6.25. The lowest BCUT2D eigenvalue weighted by molar-refractivity contribution is 0.0943. The fraction of sp³-hybridized carbons (Fsp3) is 0.176. The molecular formula is C17H17Cl2N3O2. The molecule has 0 radical (unpaired) electrons. The van der Waals surface area contributed by atoms with Crippen LogP contribution in [0.2, 0.25) is 10.0 Å². The molecule has 3 N–H and O–H groups in total. The molecule has 0 fully saturated rings. The molecule has 2 aromatic rings. The van der Waals surface area contributed by atoms with Crippen molar-refractivity contribution >= 4 is 46.5 Å². The zero-order chi connectivity index (χ0) is 17.7. The van der Waals surface area contributed by atoms with Crippen LogP contribution in [0.5, 0.6) is 0 Å². The molecule has 0 aliphatic carbocycles. The topological polar surface area (TPSA) is 70.2 Å². The summed E-state index contributed by atoms with van der Waals surface area (Å²) in [6.07, 6.45) is 0. The third-order valence-electron chi connectivity index (χ3n) is 3.00. The van der Waals surface area contributed by atoms with Gasteiger partial charge in [-0.2, -0.15) is 0 Å². The number of rotatable bonds is 4. The summed E-state index contributed by atoms with van der Waals surface area (Å²) in [6, 6.07) is 11.0. The predicted octanol–water partition coefficient (Wildman–Crippen LogP) is 4.78. The lowest BCUT2D eigenvalue weighted by atomic mass is 10.2. The van der Waals surface area contributed by atoms with Gasteiger partial charge >= 0.3 is 6.03 Å². The zero-order valence-electron chi connectivity index (χ0n) is 13.2. The number of carbonyl (C=O) groups is 2. The molecule has 0 spiro atoms. The van der Waals surface area contributed by atoms with Gasteiger partial charge in [0, 0.05) is 22.3 Å². The van der Waals surface area contributed by atoms with Crippen molar-refractivity contribution in [2.24, 2.45) is 0 Å². The Hall–Kier alpha value is -2.24. The van der Waals surface area contributed by atoms with Crippen LogP contribution >= 0.6 is 23.2 Å². The highest BCUT2D eigenvalue weighted by Gasteiger charge is 2.09. The van der Waals surface area contributed by atoms with E-state index in [1.54, 1.807) is 42.5 Å². The minimum atomic E-state index is -0.460. The second-order valence-electron chi connectivity index (χ2n) is 5.41. The van der Waals surface area contributed by atoms with Crippen LogP contribution in [0.4, 0.5) is 16.2 Å². The molecule has 5 nitrogen and oxygen atoms in total. The fourth-order valence-electron chi connectivity index (χ4n) is 1.93. The first-order chi connectivity index (χ1) is 11.3. The lowest BCUT2D eigenvalue weighted by Gasteiger charge is -2.11. The van der Waals surface area contributed by atoms with Crippen LogP contribution in [0, 0.1) is 0 Å². The van der Waals surface area contributed by atoms with Gasteiger partial charge in [0.1, 0.15) is 0 Å². The van der Waals surface area contributed by atoms with Crippen LogP contribution < -0.4 is 16.0 Å². The van der Waals surface area contributed by atoms with E-state index in [1.165, 1.54) is 0 Å². The summed E-state index contributed by atoms with van der Waals surface area (Å²) in [5, 5.41) is 8.93. The van der Waals surface area contributed by atoms with Gasteiger partial charge in [0.15, 0.2) is 0 Å². The van der Waals surface area contributed by atoms with Crippen molar-refractivity contribution in [2.75, 3.05) is 10.6 Å². The lowest BCUT2D eigenvalue weighted by Crippen LogP contribution is -2.30. The number of hydrogen-bond acceptors (Lipinski definition) is 2. The molecule has 0 atom stereocenters. The van der Waals surface area contributed by atoms with Crippen molar-refractivity contribution in [1.29, 1.82) is 0 Å². The van der Waals surface area contributed by atoms with Crippen LogP contribution in [-0.4, -0.2) is 18.0 Å². The van der Waals surface area contributed by atoms with E-state index < -0.39 is 6.03 Å². The Morgan fingerprint density at radius 1 is 0.958 bits per heavy atom. The van der Waals surface area contributed by atoms with Gasteiger partial charge in [-0.3, -0.25) is 4.79 Å². The summed E-state index contributed by atoms with van der Waals surface area (Å²) < 4.78 is 0. The van der Waals surface area contributed by atoms with Gasteiger partial charge in [0.2, 0.25) is 0 Å². The van der Waals surface area contributed by atoms with Crippen molar-refractivity contribution in [2.45, 2.75) is 19.9 Å². The molecule has 2 aromatic carbocycles. The molecule has 0 unspecified atom stereocenters. The molecule has 0 bridgehead atoms. The Kier molecular flexibility index (Phi) is 6.06. The van der Waals surface area contributed by atoms with E-state index in [4.69, 9.17) is 23.2 Å². The van der Waals surface area contributed by atoms with Crippen LogP contribution in [0.3, 0.4) is 0 Å². The molecule has 0 aliphatic rings. The number of hydrogen-bond donors (Lipinski definition) is 3. The molecule has 0 heterocycles. The highest BCUT2D eigenvalue weighted by molar-refractivity contribution is 6.35. The van der Waals surface area contributed by atoms with Crippen molar-refractivity contribution in [3.8, 4) is 0 Å². The van der Waals surface area contributed by atoms with Crippen LogP contribution in [0.1, 0.15) is 24.2 Å². The van der Waals surface area contributed by atoms with Gasteiger partial charge in [0.05, 0.1) is 10.7 Å². The first-order valence-corrected chi connectivity index (χ1v) is 8.04. The predicted molar refractivity (Wildman–Crippen MR) is 98.1 cm³/mol. The Morgan fingerprint density at radius 2 is 1.62 bits per heavy atom. The maximum absolute atomic E-state index is 12.0. The van der Waals surface area contributed by atoms with Gasteiger partial charge in [0.25, 0.3) is 5.91 Å². The SMILES string of the molecule is CC(C)NC(=O)c1ccc(NC(=O)Nc2cc(Cl)ccc2Cl)cc1. The van der Waals surface area contributed by atoms with E-state index in [2.05, 4.69) is 16.0 Å². The first-order valence-electron chi connectivity index (χ1n) is 7.29. The third-order valence-corrected chi connectivity index (χ3v) is 3.57. The molecule has 2 rings (SSSR count). The molecule has 0 aromatic heterocycles. The highest BCUT2D eigenvalue weighted by Crippen LogP contribution is 2.25. The number of amides is 3. The first kappa shape index (κ1) is 18.1. The van der Waals surface area contributed by atoms with Crippen molar-refractivity contribution in [3.63, 3.8) is 0 Å². The molecule has 0 saturated carbocycles. The molecule has 24 heavy (non-hydrogen) atoms. The van der Waals surface area contributed by atoms with E-state index >= 15 is 0 Å². The average molecular weight is 366 g/mol. The number of anilines is 2. The summed E-state index contributed by atoms with van der Waals surface area (Å²) in [5.41, 5.74) is 1.48. The molecule has 126 valence electrons. The number of nitrogens with one attached hydrogen (secondary N) is 3. The van der Waals surface area contributed by atoms with Gasteiger partial charge < -0.3 is 16.0 Å². The van der Waals surface area contributed by atoms with Crippen molar-refractivity contribution < 1.29 is 9.59 Å². The van der Waals surface area contributed by atoms with Crippen LogP contribution in [0.25, 0.3) is 0 Å². The van der Waals surface area contributed by atoms with E-state index in [-0.39, 0.29) is 11.9 Å². The van der Waals surface area contributed by atoms with E-state index in [9.17, 15) is 9.59 Å². The van der Waals surface area contributed by atoms with Gasteiger partial charge in [-0.05, 0) is 56.3 Å². The molecule has 7 heteroatoms. The maximum atomic E-state index is 12.0. The van der Waals surface area contributed by atoms with Gasteiger partial charge in [-0.25, -0.2) is 4.79 Å². The summed E-state index contributed by atoms with van der Waals surface area (Å²) in [6.45, 7) is 3.78. The van der Waals surface area contributed by atoms with Crippen molar-refractivity contribution in [1.82, 2.24) is 5.32 Å². The minimum absolute atomic E-state index is 0.0588. The zero-order valence-corrected chi connectivity index (χ0v) is 14.7. The molecular weight excluding hydrogens is 349 g/mol. The monoisotopic (exact) mass is 365 g/mol. The van der Waals surface area contributed by atoms with Gasteiger partial charge in [-0.15, -0.1) is 0 Å². The Morgan fingerprint density at radius 3 is 2.25 bits per heavy atom. The Bertz CT molecular complexity index is 746. The summed E-state index contributed by atoms with van der Waals surface area (Å²) in [7, 11) is 0. The van der Waals surface area contributed by atoms with Gasteiger partial charge in [-0.1, -0.05) is 23.2 Å². The summed E-state index contributed by atoms with van der Waals surface area (Å²) in [4.78, 5) is 23.9. The van der Waals surface area contributed by atoms with Crippen LogP contribution in [-0.2, 0) is 0 Å². The summed E-state index contributed by atoms with van der Waals surface area (Å²) in [5.74, 6) is -0.160. The quantitative estimate of drug-likeness (QED) is 0.729. The normalized spacial score (nSPS) is 10.4. The largest absolute Gasteiger partial charge is 0.350 e. The number of benzene rings is 2. The molecule has 0 saturated heterocycles. The standard InChI is InChI=1S/C17H17Cl2N3O2/c1-10(2)20-16(23)11-3-6-13(7-4-11)21-17(24)22-15-9-12(18)5-8-14(15)19/h3-10H,1-2H3,(H,20,23)(H2,21,22,24). The number of halogens is 2. The van der Waals surface area contributed by atoms with E-state index in [0.29, 0.717) is 27.0 Å². The van der Waals surface area contributed by atoms with Crippen molar-refractivity contribution in [3.05, 3.63) is 58.1 Å². The smallest absolute Gasteiger partial charge is 0.323 e. The minimum Gasteiger partial charge on any atom is -0.350 e. The number of urea groups is 1. The Labute approximate surface area is 150 Å². The third kappa shape index (κ3) is 5.15.